The van der Waals surface area contributed by atoms with Crippen LogP contribution in [-0.4, -0.2) is 56.6 Å². The first-order chi connectivity index (χ1) is 16.3. The van der Waals surface area contributed by atoms with Crippen LogP contribution in [0, 0.1) is 6.92 Å². The number of piperidine rings is 1. The number of anilines is 2. The minimum absolute atomic E-state index is 0.0815. The van der Waals surface area contributed by atoms with Crippen LogP contribution in [0.2, 0.25) is 0 Å². The van der Waals surface area contributed by atoms with Crippen molar-refractivity contribution >= 4 is 39.0 Å². The Labute approximate surface area is 199 Å². The van der Waals surface area contributed by atoms with E-state index in [2.05, 4.69) is 10.4 Å². The molecule has 9 nitrogen and oxygen atoms in total. The number of carbonyl (C=O) groups is 2. The molecule has 1 N–H and O–H groups in total. The molecule has 178 valence electrons. The van der Waals surface area contributed by atoms with E-state index in [0.717, 1.165) is 30.4 Å². The van der Waals surface area contributed by atoms with Crippen molar-refractivity contribution < 1.29 is 18.0 Å². The normalized spacial score (nSPS) is 19.0. The van der Waals surface area contributed by atoms with Gasteiger partial charge in [-0.05, 0) is 62.1 Å². The summed E-state index contributed by atoms with van der Waals surface area (Å²) in [6.45, 7) is 3.34. The van der Waals surface area contributed by atoms with E-state index < -0.39 is 10.0 Å². The third-order valence-corrected chi connectivity index (χ3v) is 8.37. The van der Waals surface area contributed by atoms with Gasteiger partial charge < -0.3 is 4.90 Å². The zero-order chi connectivity index (χ0) is 23.9. The van der Waals surface area contributed by atoms with Gasteiger partial charge in [0.05, 0.1) is 10.6 Å². The Hall–Kier alpha value is -3.24. The Kier molecular flexibility index (Phi) is 5.86. The van der Waals surface area contributed by atoms with E-state index in [9.17, 15) is 18.0 Å². The molecule has 3 aliphatic rings. The van der Waals surface area contributed by atoms with Crippen LogP contribution in [-0.2, 0) is 26.0 Å². The minimum atomic E-state index is -3.54. The number of amides is 2. The quantitative estimate of drug-likeness (QED) is 0.720. The number of sulfonamides is 1. The Morgan fingerprint density at radius 3 is 2.47 bits per heavy atom. The zero-order valence-electron chi connectivity index (χ0n) is 19.0. The van der Waals surface area contributed by atoms with Crippen LogP contribution >= 0.6 is 0 Å². The van der Waals surface area contributed by atoms with E-state index >= 15 is 0 Å². The zero-order valence-corrected chi connectivity index (χ0v) is 19.8. The number of benzene rings is 2. The van der Waals surface area contributed by atoms with Gasteiger partial charge in [0.2, 0.25) is 15.9 Å². The molecule has 5 rings (SSSR count). The molecule has 0 unspecified atom stereocenters. The molecule has 3 heterocycles. The van der Waals surface area contributed by atoms with Gasteiger partial charge in [-0.25, -0.2) is 13.4 Å². The molecule has 2 aromatic carbocycles. The van der Waals surface area contributed by atoms with Crippen molar-refractivity contribution in [1.82, 2.24) is 9.73 Å². The first-order valence-corrected chi connectivity index (χ1v) is 12.9. The number of hydrazine groups is 1. The van der Waals surface area contributed by atoms with Gasteiger partial charge in [0.1, 0.15) is 6.54 Å². The van der Waals surface area contributed by atoms with Crippen LogP contribution in [0.15, 0.2) is 52.4 Å². The second-order valence-corrected chi connectivity index (χ2v) is 10.7. The number of hydrogen-bond acceptors (Lipinski definition) is 6. The molecule has 0 atom stereocenters. The van der Waals surface area contributed by atoms with E-state index in [1.165, 1.54) is 5.01 Å². The molecule has 0 spiro atoms. The molecule has 34 heavy (non-hydrogen) atoms. The van der Waals surface area contributed by atoms with Crippen molar-refractivity contribution in [2.75, 3.05) is 36.1 Å². The van der Waals surface area contributed by atoms with Gasteiger partial charge in [-0.15, -0.1) is 0 Å². The van der Waals surface area contributed by atoms with Gasteiger partial charge in [0.25, 0.3) is 11.8 Å². The van der Waals surface area contributed by atoms with Gasteiger partial charge in [0, 0.05) is 25.3 Å². The summed E-state index contributed by atoms with van der Waals surface area (Å²) in [4.78, 5) is 31.7. The molecule has 0 saturated carbocycles. The molecule has 0 radical (unpaired) electrons. The highest BCUT2D eigenvalue weighted by Crippen LogP contribution is 2.32. The Bertz CT molecular complexity index is 1270. The predicted molar refractivity (Wildman–Crippen MR) is 129 cm³/mol. The summed E-state index contributed by atoms with van der Waals surface area (Å²) in [6, 6.07) is 12.4. The summed E-state index contributed by atoms with van der Waals surface area (Å²) in [6.07, 6.45) is 3.36. The maximum Gasteiger partial charge on any atom is 0.295 e. The molecule has 10 heteroatoms. The van der Waals surface area contributed by atoms with Gasteiger partial charge in [-0.2, -0.15) is 4.31 Å². The molecule has 1 saturated heterocycles. The van der Waals surface area contributed by atoms with E-state index in [0.29, 0.717) is 37.4 Å². The number of amidine groups is 1. The first-order valence-electron chi connectivity index (χ1n) is 11.5. The number of hydrogen-bond donors (Lipinski definition) is 1. The monoisotopic (exact) mass is 481 g/mol. The summed E-state index contributed by atoms with van der Waals surface area (Å²) in [5.74, 6) is -0.525. The molecule has 2 amide bonds. The molecule has 2 aromatic rings. The number of carbonyl (C=O) groups excluding carboxylic acids is 2. The standard InChI is InChI=1S/C24H27N5O4S/c1-17-5-7-19(8-6-17)29-22(30)16-25-23(26-29)24(31)28-14-11-18-15-20(9-10-21(18)28)34(32,33)27-12-3-2-4-13-27/h5-10,15H,2-4,11-14,16H2,1H3,(H,25,26). The predicted octanol–water partition coefficient (Wildman–Crippen LogP) is 2.01. The van der Waals surface area contributed by atoms with Crippen LogP contribution in [0.3, 0.4) is 0 Å². The van der Waals surface area contributed by atoms with Crippen molar-refractivity contribution in [1.29, 1.82) is 0 Å². The van der Waals surface area contributed by atoms with Gasteiger partial charge in [0.15, 0.2) is 0 Å². The Morgan fingerprint density at radius 2 is 1.74 bits per heavy atom. The van der Waals surface area contributed by atoms with Gasteiger partial charge in [-0.3, -0.25) is 20.0 Å². The highest BCUT2D eigenvalue weighted by atomic mass is 32.2. The molecule has 0 aliphatic carbocycles. The summed E-state index contributed by atoms with van der Waals surface area (Å²) in [5, 5.41) is 1.34. The number of nitrogens with zero attached hydrogens (tertiary/aromatic N) is 4. The largest absolute Gasteiger partial charge is 0.305 e. The van der Waals surface area contributed by atoms with Crippen molar-refractivity contribution in [2.24, 2.45) is 4.99 Å². The topological polar surface area (TPSA) is 102 Å². The van der Waals surface area contributed by atoms with Gasteiger partial charge in [-0.1, -0.05) is 24.1 Å². The highest BCUT2D eigenvalue weighted by molar-refractivity contribution is 7.89. The maximum atomic E-state index is 13.3. The molecule has 1 fully saturated rings. The lowest BCUT2D eigenvalue weighted by molar-refractivity contribution is -0.118. The van der Waals surface area contributed by atoms with Crippen molar-refractivity contribution in [3.05, 3.63) is 53.6 Å². The van der Waals surface area contributed by atoms with Crippen LogP contribution in [0.1, 0.15) is 30.4 Å². The summed E-state index contributed by atoms with van der Waals surface area (Å²) < 4.78 is 27.7. The summed E-state index contributed by atoms with van der Waals surface area (Å²) >= 11 is 0. The smallest absolute Gasteiger partial charge is 0.295 e. The van der Waals surface area contributed by atoms with E-state index in [-0.39, 0.29) is 29.1 Å². The van der Waals surface area contributed by atoms with Crippen LogP contribution in [0.4, 0.5) is 11.4 Å². The SMILES string of the molecule is Cc1ccc(N2NC(C(=O)N3CCc4cc(S(=O)(=O)N5CCCCC5)ccc43)=NCC2=O)cc1. The summed E-state index contributed by atoms with van der Waals surface area (Å²) in [5.41, 5.74) is 6.04. The molecule has 0 aromatic heterocycles. The first kappa shape index (κ1) is 22.5. The van der Waals surface area contributed by atoms with Crippen LogP contribution in [0.25, 0.3) is 0 Å². The lowest BCUT2D eigenvalue weighted by Gasteiger charge is -2.29. The molecule has 0 bridgehead atoms. The Morgan fingerprint density at radius 1 is 1.00 bits per heavy atom. The average Bonchev–Trinajstić information content (AvgIpc) is 3.28. The number of nitrogens with one attached hydrogen (secondary N) is 1. The minimum Gasteiger partial charge on any atom is -0.305 e. The maximum absolute atomic E-state index is 13.3. The fraction of sp³-hybridized carbons (Fsp3) is 0.375. The van der Waals surface area contributed by atoms with Crippen molar-refractivity contribution in [2.45, 2.75) is 37.5 Å². The van der Waals surface area contributed by atoms with Crippen LogP contribution < -0.4 is 15.3 Å². The fourth-order valence-corrected chi connectivity index (χ4v) is 6.14. The number of fused-ring (bicyclic) bond motifs is 1. The van der Waals surface area contributed by atoms with E-state index in [4.69, 9.17) is 0 Å². The second kappa shape index (κ2) is 8.84. The third-order valence-electron chi connectivity index (χ3n) is 6.48. The number of aryl methyl sites for hydroxylation is 1. The lowest BCUT2D eigenvalue weighted by Crippen LogP contribution is -2.56. The van der Waals surface area contributed by atoms with E-state index in [1.54, 1.807) is 27.4 Å². The second-order valence-electron chi connectivity index (χ2n) is 8.80. The molecule has 3 aliphatic heterocycles. The fourth-order valence-electron chi connectivity index (χ4n) is 4.57. The van der Waals surface area contributed by atoms with Crippen LogP contribution in [0.5, 0.6) is 0 Å². The number of aliphatic imine (C=N–C) groups is 1. The molecular weight excluding hydrogens is 454 g/mol. The van der Waals surface area contributed by atoms with Gasteiger partial charge >= 0.3 is 0 Å². The van der Waals surface area contributed by atoms with E-state index in [1.807, 2.05) is 31.2 Å². The molecular formula is C24H27N5O4S. The highest BCUT2D eigenvalue weighted by Gasteiger charge is 2.34. The average molecular weight is 482 g/mol. The van der Waals surface area contributed by atoms with Crippen molar-refractivity contribution in [3.8, 4) is 0 Å². The van der Waals surface area contributed by atoms with Crippen molar-refractivity contribution in [3.63, 3.8) is 0 Å². The Balaban J connectivity index is 1.35. The lowest BCUT2D eigenvalue weighted by atomic mass is 10.2. The number of rotatable bonds is 4. The summed E-state index contributed by atoms with van der Waals surface area (Å²) in [7, 11) is -3.54. The third kappa shape index (κ3) is 4.07.